The number of benzene rings is 1. The van der Waals surface area contributed by atoms with E-state index in [-0.39, 0.29) is 5.91 Å². The van der Waals surface area contributed by atoms with E-state index in [9.17, 15) is 4.79 Å². The van der Waals surface area contributed by atoms with Crippen LogP contribution < -0.4 is 10.6 Å². The fourth-order valence-corrected chi connectivity index (χ4v) is 3.14. The van der Waals surface area contributed by atoms with Gasteiger partial charge in [0, 0.05) is 29.4 Å². The Balaban J connectivity index is 1.33. The minimum atomic E-state index is -0.0829. The topological polar surface area (TPSA) is 95.6 Å². The number of rotatable bonds is 7. The van der Waals surface area contributed by atoms with Crippen LogP contribution in [0.5, 0.6) is 0 Å². The normalized spacial score (nSPS) is 13.4. The summed E-state index contributed by atoms with van der Waals surface area (Å²) in [6.45, 7) is 4.53. The highest BCUT2D eigenvalue weighted by Gasteiger charge is 2.21. The molecule has 1 saturated carbocycles. The first-order valence-corrected chi connectivity index (χ1v) is 9.59. The minimum Gasteiger partial charge on any atom is -0.366 e. The molecule has 4 rings (SSSR count). The molecule has 2 aromatic heterocycles. The van der Waals surface area contributed by atoms with Gasteiger partial charge in [0.25, 0.3) is 5.91 Å². The van der Waals surface area contributed by atoms with E-state index in [1.807, 2.05) is 50.2 Å². The van der Waals surface area contributed by atoms with Crippen LogP contribution in [0.15, 0.2) is 36.4 Å². The second kappa shape index (κ2) is 7.80. The van der Waals surface area contributed by atoms with E-state index in [0.29, 0.717) is 18.2 Å². The molecule has 7 heteroatoms. The number of carbonyl (C=O) groups is 1. The van der Waals surface area contributed by atoms with Crippen LogP contribution in [0.4, 0.5) is 5.82 Å². The van der Waals surface area contributed by atoms with Crippen LogP contribution >= 0.6 is 0 Å². The molecule has 0 bridgehead atoms. The Hall–Kier alpha value is -3.22. The average Bonchev–Trinajstić information content (AvgIpc) is 3.48. The summed E-state index contributed by atoms with van der Waals surface area (Å²) in [7, 11) is 0. The smallest absolute Gasteiger partial charge is 0.251 e. The van der Waals surface area contributed by atoms with Crippen molar-refractivity contribution >= 4 is 11.7 Å². The molecule has 7 nitrogen and oxygen atoms in total. The molecular formula is C21H24N6O. The molecule has 0 aliphatic heterocycles. The molecule has 0 saturated heterocycles. The number of anilines is 1. The summed E-state index contributed by atoms with van der Waals surface area (Å²) in [6, 6.07) is 11.9. The Morgan fingerprint density at radius 3 is 2.50 bits per heavy atom. The van der Waals surface area contributed by atoms with Crippen LogP contribution in [0.1, 0.15) is 40.2 Å². The van der Waals surface area contributed by atoms with Crippen molar-refractivity contribution in [3.63, 3.8) is 0 Å². The van der Waals surface area contributed by atoms with Crippen LogP contribution in [0, 0.1) is 13.8 Å². The Morgan fingerprint density at radius 1 is 1.11 bits per heavy atom. The van der Waals surface area contributed by atoms with E-state index in [4.69, 9.17) is 0 Å². The first-order valence-electron chi connectivity index (χ1n) is 9.59. The molecule has 1 aliphatic rings. The van der Waals surface area contributed by atoms with Crippen LogP contribution in [0.2, 0.25) is 0 Å². The Kier molecular flexibility index (Phi) is 5.06. The molecule has 144 valence electrons. The van der Waals surface area contributed by atoms with Gasteiger partial charge in [0.15, 0.2) is 0 Å². The number of nitrogens with one attached hydrogen (secondary N) is 3. The number of amides is 1. The van der Waals surface area contributed by atoms with E-state index in [0.717, 1.165) is 40.4 Å². The van der Waals surface area contributed by atoms with Crippen molar-refractivity contribution in [3.05, 3.63) is 58.9 Å². The van der Waals surface area contributed by atoms with Gasteiger partial charge in [0.2, 0.25) is 0 Å². The van der Waals surface area contributed by atoms with Crippen molar-refractivity contribution in [2.45, 2.75) is 39.2 Å². The summed E-state index contributed by atoms with van der Waals surface area (Å²) in [5.74, 6) is 0.728. The molecule has 28 heavy (non-hydrogen) atoms. The molecule has 1 amide bonds. The summed E-state index contributed by atoms with van der Waals surface area (Å²) in [5.41, 5.74) is 5.55. The average molecular weight is 376 g/mol. The maximum atomic E-state index is 12.4. The zero-order valence-electron chi connectivity index (χ0n) is 16.1. The summed E-state index contributed by atoms with van der Waals surface area (Å²) in [4.78, 5) is 12.4. The number of aryl methyl sites for hydroxylation is 2. The summed E-state index contributed by atoms with van der Waals surface area (Å²) >= 11 is 0. The number of H-pyrrole nitrogens is 1. The lowest BCUT2D eigenvalue weighted by atomic mass is 10.1. The van der Waals surface area contributed by atoms with Gasteiger partial charge in [-0.3, -0.25) is 9.89 Å². The lowest BCUT2D eigenvalue weighted by molar-refractivity contribution is 0.0954. The molecule has 1 aromatic carbocycles. The molecular weight excluding hydrogens is 352 g/mol. The van der Waals surface area contributed by atoms with Crippen LogP contribution in [0.25, 0.3) is 11.3 Å². The van der Waals surface area contributed by atoms with Gasteiger partial charge in [-0.05, 0) is 62.9 Å². The van der Waals surface area contributed by atoms with Crippen molar-refractivity contribution in [3.8, 4) is 11.3 Å². The second-order valence-electron chi connectivity index (χ2n) is 7.22. The number of aromatic amines is 1. The van der Waals surface area contributed by atoms with Gasteiger partial charge < -0.3 is 10.6 Å². The molecule has 2 heterocycles. The highest BCUT2D eigenvalue weighted by molar-refractivity contribution is 5.94. The molecule has 3 N–H and O–H groups in total. The van der Waals surface area contributed by atoms with E-state index in [1.165, 1.54) is 12.8 Å². The maximum Gasteiger partial charge on any atom is 0.251 e. The van der Waals surface area contributed by atoms with Gasteiger partial charge in [-0.2, -0.15) is 5.10 Å². The van der Waals surface area contributed by atoms with E-state index in [2.05, 4.69) is 31.0 Å². The molecule has 0 radical (unpaired) electrons. The lowest BCUT2D eigenvalue weighted by Gasteiger charge is -2.07. The van der Waals surface area contributed by atoms with Gasteiger partial charge in [-0.25, -0.2) is 0 Å². The van der Waals surface area contributed by atoms with Crippen molar-refractivity contribution in [1.29, 1.82) is 0 Å². The van der Waals surface area contributed by atoms with Gasteiger partial charge in [-0.15, -0.1) is 10.2 Å². The zero-order chi connectivity index (χ0) is 19.5. The first-order chi connectivity index (χ1) is 13.6. The molecule has 0 unspecified atom stereocenters. The SMILES string of the molecule is Cc1n[nH]c(C)c1CCNC(=O)c1ccc(-c2ccc(NC3CC3)nn2)cc1. The molecule has 3 aromatic rings. The maximum absolute atomic E-state index is 12.4. The predicted molar refractivity (Wildman–Crippen MR) is 108 cm³/mol. The minimum absolute atomic E-state index is 0.0829. The van der Waals surface area contributed by atoms with Crippen molar-refractivity contribution in [1.82, 2.24) is 25.7 Å². The van der Waals surface area contributed by atoms with Crippen LogP contribution in [-0.4, -0.2) is 38.9 Å². The first kappa shape index (κ1) is 18.2. The van der Waals surface area contributed by atoms with Crippen molar-refractivity contribution in [2.75, 3.05) is 11.9 Å². The van der Waals surface area contributed by atoms with Crippen molar-refractivity contribution < 1.29 is 4.79 Å². The van der Waals surface area contributed by atoms with E-state index >= 15 is 0 Å². The monoisotopic (exact) mass is 376 g/mol. The molecule has 1 aliphatic carbocycles. The predicted octanol–water partition coefficient (Wildman–Crippen LogP) is 3.03. The number of aromatic nitrogens is 4. The summed E-state index contributed by atoms with van der Waals surface area (Å²) in [5, 5.41) is 21.9. The largest absolute Gasteiger partial charge is 0.366 e. The summed E-state index contributed by atoms with van der Waals surface area (Å²) < 4.78 is 0. The highest BCUT2D eigenvalue weighted by atomic mass is 16.1. The quantitative estimate of drug-likeness (QED) is 0.589. The van der Waals surface area contributed by atoms with Gasteiger partial charge in [0.05, 0.1) is 11.4 Å². The standard InChI is InChI=1S/C21H24N6O/c1-13-18(14(2)25-24-13)11-12-22-21(28)16-5-3-15(4-6-16)19-9-10-20(27-26-19)23-17-7-8-17/h3-6,9-10,17H,7-8,11-12H2,1-2H3,(H,22,28)(H,23,27)(H,24,25). The van der Waals surface area contributed by atoms with E-state index < -0.39 is 0 Å². The van der Waals surface area contributed by atoms with Gasteiger partial charge in [0.1, 0.15) is 5.82 Å². The third-order valence-electron chi connectivity index (χ3n) is 4.98. The second-order valence-corrected chi connectivity index (χ2v) is 7.22. The number of carbonyl (C=O) groups excluding carboxylic acids is 1. The fourth-order valence-electron chi connectivity index (χ4n) is 3.14. The third-order valence-corrected chi connectivity index (χ3v) is 4.98. The molecule has 0 atom stereocenters. The third kappa shape index (κ3) is 4.19. The number of nitrogens with zero attached hydrogens (tertiary/aromatic N) is 3. The molecule has 1 fully saturated rings. The molecule has 0 spiro atoms. The Morgan fingerprint density at radius 2 is 1.89 bits per heavy atom. The highest BCUT2D eigenvalue weighted by Crippen LogP contribution is 2.24. The fraction of sp³-hybridized carbons (Fsp3) is 0.333. The van der Waals surface area contributed by atoms with Crippen LogP contribution in [0.3, 0.4) is 0 Å². The van der Waals surface area contributed by atoms with Gasteiger partial charge in [-0.1, -0.05) is 12.1 Å². The van der Waals surface area contributed by atoms with Crippen LogP contribution in [-0.2, 0) is 6.42 Å². The Labute approximate surface area is 164 Å². The van der Waals surface area contributed by atoms with Gasteiger partial charge >= 0.3 is 0 Å². The van der Waals surface area contributed by atoms with Crippen molar-refractivity contribution in [2.24, 2.45) is 0 Å². The summed E-state index contributed by atoms with van der Waals surface area (Å²) in [6.07, 6.45) is 3.16. The number of hydrogen-bond donors (Lipinski definition) is 3. The Bertz CT molecular complexity index is 938. The lowest BCUT2D eigenvalue weighted by Crippen LogP contribution is -2.25. The number of hydrogen-bond acceptors (Lipinski definition) is 5. The van der Waals surface area contributed by atoms with E-state index in [1.54, 1.807) is 0 Å². The zero-order valence-corrected chi connectivity index (χ0v) is 16.1.